The first-order valence-electron chi connectivity index (χ1n) is 12.0. The van der Waals surface area contributed by atoms with Gasteiger partial charge in [0, 0.05) is 23.5 Å². The van der Waals surface area contributed by atoms with Crippen LogP contribution in [0.4, 0.5) is 5.69 Å². The molecule has 1 fully saturated rings. The topological polar surface area (TPSA) is 72.3 Å². The van der Waals surface area contributed by atoms with E-state index >= 15 is 0 Å². The number of anilines is 1. The molecule has 1 saturated heterocycles. The van der Waals surface area contributed by atoms with Crippen LogP contribution >= 0.6 is 0 Å². The third kappa shape index (κ3) is 5.95. The first-order valence-corrected chi connectivity index (χ1v) is 12.0. The van der Waals surface area contributed by atoms with E-state index in [1.54, 1.807) is 4.68 Å². The molecule has 0 unspecified atom stereocenters. The van der Waals surface area contributed by atoms with Gasteiger partial charge < -0.3 is 15.0 Å². The summed E-state index contributed by atoms with van der Waals surface area (Å²) < 4.78 is 8.16. The smallest absolute Gasteiger partial charge is 0.246 e. The van der Waals surface area contributed by atoms with E-state index in [0.29, 0.717) is 12.0 Å². The minimum absolute atomic E-state index is 0.0443. The molecule has 1 aromatic carbocycles. The number of benzene rings is 1. The zero-order chi connectivity index (χ0) is 23.3. The Bertz CT molecular complexity index is 875. The van der Waals surface area contributed by atoms with E-state index in [4.69, 9.17) is 4.74 Å². The van der Waals surface area contributed by atoms with Crippen LogP contribution in [-0.4, -0.2) is 51.0 Å². The number of aromatic nitrogens is 3. The highest BCUT2D eigenvalue weighted by atomic mass is 16.5. The molecule has 32 heavy (non-hydrogen) atoms. The molecule has 1 aliphatic rings. The fourth-order valence-corrected chi connectivity index (χ4v) is 4.49. The van der Waals surface area contributed by atoms with E-state index in [-0.39, 0.29) is 30.6 Å². The van der Waals surface area contributed by atoms with Crippen LogP contribution in [-0.2, 0) is 16.1 Å². The standard InChI is InChI=1S/C25H39N5O2/c1-7-29(8-2)19-13-23(18(5)6)32-24(14-19)20-11-9-10-12-21(20)26-25(31)16-30-15-22(17(3)4)27-28-30/h9-12,15,17-19,23-24H,7-8,13-14,16H2,1-6H3,(H,26,31)/t19-,23-,24+/m1/s1. The number of hydrogen-bond acceptors (Lipinski definition) is 5. The summed E-state index contributed by atoms with van der Waals surface area (Å²) in [5.74, 6) is 0.609. The van der Waals surface area contributed by atoms with Crippen LogP contribution < -0.4 is 5.32 Å². The number of amides is 1. The van der Waals surface area contributed by atoms with Crippen molar-refractivity contribution in [3.8, 4) is 0 Å². The molecule has 3 atom stereocenters. The summed E-state index contributed by atoms with van der Waals surface area (Å²) in [6.45, 7) is 15.2. The van der Waals surface area contributed by atoms with E-state index < -0.39 is 0 Å². The Labute approximate surface area is 192 Å². The Morgan fingerprint density at radius 1 is 1.19 bits per heavy atom. The predicted molar refractivity (Wildman–Crippen MR) is 128 cm³/mol. The van der Waals surface area contributed by atoms with E-state index in [9.17, 15) is 4.79 Å². The van der Waals surface area contributed by atoms with Gasteiger partial charge in [0.15, 0.2) is 0 Å². The molecule has 0 radical (unpaired) electrons. The number of nitrogens with one attached hydrogen (secondary N) is 1. The third-order valence-electron chi connectivity index (χ3n) is 6.44. The Morgan fingerprint density at radius 2 is 1.91 bits per heavy atom. The molecular formula is C25H39N5O2. The van der Waals surface area contributed by atoms with Crippen molar-refractivity contribution in [1.29, 1.82) is 0 Å². The molecule has 1 aliphatic heterocycles. The van der Waals surface area contributed by atoms with Crippen molar-refractivity contribution in [2.75, 3.05) is 18.4 Å². The number of carbonyl (C=O) groups excluding carboxylic acids is 1. The molecule has 2 heterocycles. The SMILES string of the molecule is CCN(CC)[C@H]1C[C@@H](c2ccccc2NC(=O)Cn2cc(C(C)C)nn2)O[C@@H](C(C)C)C1. The molecule has 176 valence electrons. The molecule has 7 heteroatoms. The van der Waals surface area contributed by atoms with Gasteiger partial charge in [-0.2, -0.15) is 0 Å². The van der Waals surface area contributed by atoms with E-state index in [1.165, 1.54) is 0 Å². The van der Waals surface area contributed by atoms with Crippen molar-refractivity contribution in [3.63, 3.8) is 0 Å². The molecule has 0 saturated carbocycles. The van der Waals surface area contributed by atoms with Crippen molar-refractivity contribution in [2.24, 2.45) is 5.92 Å². The number of rotatable bonds is 9. The van der Waals surface area contributed by atoms with Gasteiger partial charge in [-0.1, -0.05) is 65.0 Å². The van der Waals surface area contributed by atoms with Gasteiger partial charge in [0.1, 0.15) is 6.54 Å². The zero-order valence-corrected chi connectivity index (χ0v) is 20.4. The predicted octanol–water partition coefficient (Wildman–Crippen LogP) is 4.63. The van der Waals surface area contributed by atoms with Crippen LogP contribution in [0.2, 0.25) is 0 Å². The highest BCUT2D eigenvalue weighted by Crippen LogP contribution is 2.38. The van der Waals surface area contributed by atoms with Gasteiger partial charge in [0.25, 0.3) is 0 Å². The summed E-state index contributed by atoms with van der Waals surface area (Å²) in [6, 6.07) is 8.49. The van der Waals surface area contributed by atoms with Gasteiger partial charge in [-0.05, 0) is 43.8 Å². The third-order valence-corrected chi connectivity index (χ3v) is 6.44. The van der Waals surface area contributed by atoms with Gasteiger partial charge >= 0.3 is 0 Å². The largest absolute Gasteiger partial charge is 0.370 e. The van der Waals surface area contributed by atoms with Gasteiger partial charge in [-0.25, -0.2) is 4.68 Å². The lowest BCUT2D eigenvalue weighted by atomic mass is 9.88. The average molecular weight is 442 g/mol. The number of carbonyl (C=O) groups is 1. The molecular weight excluding hydrogens is 402 g/mol. The van der Waals surface area contributed by atoms with Gasteiger partial charge in [0.05, 0.1) is 17.9 Å². The second-order valence-electron chi connectivity index (χ2n) is 9.38. The number of para-hydroxylation sites is 1. The lowest BCUT2D eigenvalue weighted by molar-refractivity contribution is -0.117. The monoisotopic (exact) mass is 441 g/mol. The maximum absolute atomic E-state index is 12.8. The van der Waals surface area contributed by atoms with Crippen molar-refractivity contribution in [3.05, 3.63) is 41.7 Å². The fourth-order valence-electron chi connectivity index (χ4n) is 4.49. The molecule has 1 N–H and O–H groups in total. The summed E-state index contributed by atoms with van der Waals surface area (Å²) >= 11 is 0. The van der Waals surface area contributed by atoms with Crippen LogP contribution in [0.3, 0.4) is 0 Å². The molecule has 7 nitrogen and oxygen atoms in total. The van der Waals surface area contributed by atoms with Gasteiger partial charge in [0.2, 0.25) is 5.91 Å². The Morgan fingerprint density at radius 3 is 2.53 bits per heavy atom. The van der Waals surface area contributed by atoms with E-state index in [2.05, 4.69) is 68.1 Å². The highest BCUT2D eigenvalue weighted by Gasteiger charge is 2.35. The van der Waals surface area contributed by atoms with Crippen molar-refractivity contribution in [1.82, 2.24) is 19.9 Å². The molecule has 3 rings (SSSR count). The van der Waals surface area contributed by atoms with Crippen molar-refractivity contribution < 1.29 is 9.53 Å². The van der Waals surface area contributed by atoms with Crippen LogP contribution in [0, 0.1) is 5.92 Å². The first-order chi connectivity index (χ1) is 15.3. The molecule has 0 aliphatic carbocycles. The summed E-state index contributed by atoms with van der Waals surface area (Å²) in [5, 5.41) is 11.3. The zero-order valence-electron chi connectivity index (χ0n) is 20.4. The average Bonchev–Trinajstić information content (AvgIpc) is 3.23. The Hall–Kier alpha value is -2.25. The molecule has 0 bridgehead atoms. The Balaban J connectivity index is 1.77. The van der Waals surface area contributed by atoms with Gasteiger partial charge in [-0.3, -0.25) is 4.79 Å². The van der Waals surface area contributed by atoms with Gasteiger partial charge in [-0.15, -0.1) is 5.10 Å². The molecule has 1 amide bonds. The lowest BCUT2D eigenvalue weighted by Gasteiger charge is -2.42. The van der Waals surface area contributed by atoms with Crippen LogP contribution in [0.5, 0.6) is 0 Å². The summed E-state index contributed by atoms with van der Waals surface area (Å²) in [7, 11) is 0. The minimum atomic E-state index is -0.117. The van der Waals surface area contributed by atoms with Crippen LogP contribution in [0.15, 0.2) is 30.5 Å². The Kier molecular flexibility index (Phi) is 8.43. The quantitative estimate of drug-likeness (QED) is 0.614. The van der Waals surface area contributed by atoms with E-state index in [1.807, 2.05) is 24.4 Å². The van der Waals surface area contributed by atoms with E-state index in [0.717, 1.165) is 42.9 Å². The number of ether oxygens (including phenoxy) is 1. The van der Waals surface area contributed by atoms with Crippen LogP contribution in [0.25, 0.3) is 0 Å². The first kappa shape index (κ1) is 24.4. The minimum Gasteiger partial charge on any atom is -0.370 e. The molecule has 2 aromatic rings. The number of hydrogen-bond donors (Lipinski definition) is 1. The summed E-state index contributed by atoms with van der Waals surface area (Å²) in [6.07, 6.45) is 3.97. The van der Waals surface area contributed by atoms with Crippen LogP contribution in [0.1, 0.15) is 77.7 Å². The molecule has 1 aromatic heterocycles. The van der Waals surface area contributed by atoms with Crippen molar-refractivity contribution >= 4 is 11.6 Å². The molecule has 0 spiro atoms. The second kappa shape index (κ2) is 11.1. The normalized spacial score (nSPS) is 21.5. The second-order valence-corrected chi connectivity index (χ2v) is 9.38. The number of nitrogens with zero attached hydrogens (tertiary/aromatic N) is 4. The maximum Gasteiger partial charge on any atom is 0.246 e. The fraction of sp³-hybridized carbons (Fsp3) is 0.640. The maximum atomic E-state index is 12.8. The van der Waals surface area contributed by atoms with Crippen molar-refractivity contribution in [2.45, 2.75) is 85.1 Å². The summed E-state index contributed by atoms with van der Waals surface area (Å²) in [5.41, 5.74) is 2.75. The lowest BCUT2D eigenvalue weighted by Crippen LogP contribution is -2.44. The summed E-state index contributed by atoms with van der Waals surface area (Å²) in [4.78, 5) is 15.3. The highest BCUT2D eigenvalue weighted by molar-refractivity contribution is 5.91.